The first kappa shape index (κ1) is 26.7. The largest absolute Gasteiger partial charge is 0.496 e. The second-order valence-corrected chi connectivity index (χ2v) is 9.02. The van der Waals surface area contributed by atoms with Crippen LogP contribution in [0.2, 0.25) is 0 Å². The SMILES string of the molecule is COc1cc(OCC(=O)NN2C(=O)c3ccccc3C2=O)cc2c1CCC(c1cc(OC)c(OC)c(OC)c1)O2. The van der Waals surface area contributed by atoms with Crippen LogP contribution in [0.25, 0.3) is 0 Å². The van der Waals surface area contributed by atoms with Gasteiger partial charge in [0.15, 0.2) is 18.1 Å². The summed E-state index contributed by atoms with van der Waals surface area (Å²) in [7, 11) is 6.19. The molecule has 11 nitrogen and oxygen atoms in total. The molecule has 0 radical (unpaired) electrons. The number of imide groups is 1. The lowest BCUT2D eigenvalue weighted by molar-refractivity contribution is -0.126. The summed E-state index contributed by atoms with van der Waals surface area (Å²) in [5.41, 5.74) is 4.49. The van der Waals surface area contributed by atoms with Crippen molar-refractivity contribution in [2.75, 3.05) is 35.0 Å². The number of hydrogen-bond donors (Lipinski definition) is 1. The van der Waals surface area contributed by atoms with Crippen LogP contribution < -0.4 is 33.8 Å². The monoisotopic (exact) mass is 548 g/mol. The van der Waals surface area contributed by atoms with Crippen LogP contribution in [0.1, 0.15) is 44.4 Å². The molecule has 5 rings (SSSR count). The first-order valence-corrected chi connectivity index (χ1v) is 12.5. The molecule has 1 N–H and O–H groups in total. The van der Waals surface area contributed by atoms with Crippen LogP contribution in [0.5, 0.6) is 34.5 Å². The summed E-state index contributed by atoms with van der Waals surface area (Å²) < 4.78 is 34.0. The third kappa shape index (κ3) is 4.81. The van der Waals surface area contributed by atoms with Gasteiger partial charge in [0.05, 0.1) is 39.6 Å². The predicted octanol–water partition coefficient (Wildman–Crippen LogP) is 3.49. The zero-order valence-corrected chi connectivity index (χ0v) is 22.4. The number of carbonyl (C=O) groups excluding carboxylic acids is 3. The van der Waals surface area contributed by atoms with Crippen molar-refractivity contribution in [2.24, 2.45) is 0 Å². The molecule has 40 heavy (non-hydrogen) atoms. The molecule has 208 valence electrons. The van der Waals surface area contributed by atoms with Crippen LogP contribution in [-0.4, -0.2) is 57.8 Å². The molecule has 2 aliphatic rings. The fourth-order valence-electron chi connectivity index (χ4n) is 4.82. The summed E-state index contributed by atoms with van der Waals surface area (Å²) in [5, 5.41) is 0.689. The highest BCUT2D eigenvalue weighted by Crippen LogP contribution is 2.45. The Hall–Kier alpha value is -4.93. The van der Waals surface area contributed by atoms with Gasteiger partial charge in [-0.15, -0.1) is 0 Å². The van der Waals surface area contributed by atoms with Gasteiger partial charge in [-0.1, -0.05) is 12.1 Å². The molecule has 3 amide bonds. The Balaban J connectivity index is 1.30. The van der Waals surface area contributed by atoms with Crippen molar-refractivity contribution in [1.82, 2.24) is 10.4 Å². The summed E-state index contributed by atoms with van der Waals surface area (Å²) >= 11 is 0. The minimum atomic E-state index is -0.678. The topological polar surface area (TPSA) is 122 Å². The molecular formula is C29H28N2O9. The van der Waals surface area contributed by atoms with Gasteiger partial charge in [0.2, 0.25) is 5.75 Å². The van der Waals surface area contributed by atoms with Crippen molar-refractivity contribution >= 4 is 17.7 Å². The fourth-order valence-corrected chi connectivity index (χ4v) is 4.82. The van der Waals surface area contributed by atoms with Crippen molar-refractivity contribution in [3.8, 4) is 34.5 Å². The molecule has 0 saturated heterocycles. The third-order valence-electron chi connectivity index (χ3n) is 6.75. The van der Waals surface area contributed by atoms with Gasteiger partial charge in [-0.2, -0.15) is 5.01 Å². The molecule has 2 heterocycles. The van der Waals surface area contributed by atoms with E-state index in [9.17, 15) is 14.4 Å². The summed E-state index contributed by atoms with van der Waals surface area (Å²) in [6.07, 6.45) is 1.02. The summed E-state index contributed by atoms with van der Waals surface area (Å²) in [6, 6.07) is 13.4. The fraction of sp³-hybridized carbons (Fsp3) is 0.276. The second-order valence-electron chi connectivity index (χ2n) is 9.02. The van der Waals surface area contributed by atoms with Crippen LogP contribution in [0.3, 0.4) is 0 Å². The lowest BCUT2D eigenvalue weighted by atomic mass is 9.96. The first-order valence-electron chi connectivity index (χ1n) is 12.5. The number of ether oxygens (including phenoxy) is 6. The van der Waals surface area contributed by atoms with E-state index in [-0.39, 0.29) is 17.2 Å². The molecular weight excluding hydrogens is 520 g/mol. The third-order valence-corrected chi connectivity index (χ3v) is 6.75. The molecule has 3 aromatic rings. The molecule has 0 bridgehead atoms. The zero-order valence-electron chi connectivity index (χ0n) is 22.4. The lowest BCUT2D eigenvalue weighted by Crippen LogP contribution is -2.47. The van der Waals surface area contributed by atoms with Gasteiger partial charge < -0.3 is 28.4 Å². The van der Waals surface area contributed by atoms with E-state index >= 15 is 0 Å². The predicted molar refractivity (Wildman–Crippen MR) is 141 cm³/mol. The highest BCUT2D eigenvalue weighted by atomic mass is 16.5. The minimum Gasteiger partial charge on any atom is -0.496 e. The number of nitrogens with zero attached hydrogens (tertiary/aromatic N) is 1. The molecule has 2 aliphatic heterocycles. The highest BCUT2D eigenvalue weighted by molar-refractivity contribution is 6.21. The molecule has 3 aromatic carbocycles. The maximum absolute atomic E-state index is 12.6. The molecule has 0 saturated carbocycles. The Kier molecular flexibility index (Phi) is 7.37. The number of amides is 3. The highest BCUT2D eigenvalue weighted by Gasteiger charge is 2.36. The molecule has 11 heteroatoms. The summed E-state index contributed by atoms with van der Waals surface area (Å²) in [4.78, 5) is 37.6. The Morgan fingerprint density at radius 3 is 2.10 bits per heavy atom. The Morgan fingerprint density at radius 1 is 0.900 bits per heavy atom. The average Bonchev–Trinajstić information content (AvgIpc) is 3.23. The number of nitrogens with one attached hydrogen (secondary N) is 1. The van der Waals surface area contributed by atoms with Gasteiger partial charge in [0, 0.05) is 17.7 Å². The van der Waals surface area contributed by atoms with Gasteiger partial charge in [0.1, 0.15) is 23.4 Å². The first-order chi connectivity index (χ1) is 19.4. The van der Waals surface area contributed by atoms with Crippen molar-refractivity contribution in [1.29, 1.82) is 0 Å². The average molecular weight is 549 g/mol. The van der Waals surface area contributed by atoms with Crippen molar-refractivity contribution in [2.45, 2.75) is 18.9 Å². The number of benzene rings is 3. The van der Waals surface area contributed by atoms with E-state index in [1.165, 1.54) is 12.1 Å². The number of carbonyl (C=O) groups is 3. The van der Waals surface area contributed by atoms with E-state index in [2.05, 4.69) is 5.43 Å². The van der Waals surface area contributed by atoms with Gasteiger partial charge >= 0.3 is 0 Å². The minimum absolute atomic E-state index is 0.229. The molecule has 1 unspecified atom stereocenters. The van der Waals surface area contributed by atoms with E-state index in [1.807, 2.05) is 12.1 Å². The molecule has 0 aliphatic carbocycles. The van der Waals surface area contributed by atoms with Crippen LogP contribution in [0.4, 0.5) is 0 Å². The van der Waals surface area contributed by atoms with E-state index < -0.39 is 24.3 Å². The van der Waals surface area contributed by atoms with Crippen LogP contribution in [0, 0.1) is 0 Å². The second kappa shape index (κ2) is 11.0. The van der Waals surface area contributed by atoms with E-state index in [4.69, 9.17) is 28.4 Å². The van der Waals surface area contributed by atoms with E-state index in [0.717, 1.165) is 11.1 Å². The summed E-state index contributed by atoms with van der Waals surface area (Å²) in [5.74, 6) is 1.06. The molecule has 0 aromatic heterocycles. The lowest BCUT2D eigenvalue weighted by Gasteiger charge is -2.29. The molecule has 0 fully saturated rings. The van der Waals surface area contributed by atoms with Gasteiger partial charge in [-0.05, 0) is 42.7 Å². The van der Waals surface area contributed by atoms with Gasteiger partial charge in [0.25, 0.3) is 17.7 Å². The maximum atomic E-state index is 12.6. The Bertz CT molecular complexity index is 1430. The van der Waals surface area contributed by atoms with Crippen molar-refractivity contribution < 1.29 is 42.8 Å². The number of hydrogen-bond acceptors (Lipinski definition) is 9. The number of fused-ring (bicyclic) bond motifs is 2. The normalized spacial score (nSPS) is 15.5. The Labute approximate surface area is 230 Å². The van der Waals surface area contributed by atoms with Crippen molar-refractivity contribution in [3.05, 3.63) is 70.8 Å². The molecule has 1 atom stereocenters. The van der Waals surface area contributed by atoms with E-state index in [1.54, 1.807) is 52.7 Å². The summed E-state index contributed by atoms with van der Waals surface area (Å²) in [6.45, 7) is -0.453. The van der Waals surface area contributed by atoms with Gasteiger partial charge in [-0.3, -0.25) is 19.8 Å². The standard InChI is InChI=1S/C29H28N2O9/c1-35-22-13-17(39-15-26(32)30-31-28(33)18-7-5-6-8-19(18)29(31)34)14-23-20(22)9-10-21(40-23)16-11-24(36-2)27(38-4)25(12-16)37-3/h5-8,11-14,21H,9-10,15H2,1-4H3,(H,30,32). The maximum Gasteiger partial charge on any atom is 0.280 e. The number of hydrazine groups is 1. The zero-order chi connectivity index (χ0) is 28.4. The van der Waals surface area contributed by atoms with Crippen molar-refractivity contribution in [3.63, 3.8) is 0 Å². The molecule has 0 spiro atoms. The number of rotatable bonds is 9. The van der Waals surface area contributed by atoms with Crippen LogP contribution in [-0.2, 0) is 11.2 Å². The Morgan fingerprint density at radius 2 is 1.52 bits per heavy atom. The van der Waals surface area contributed by atoms with Crippen LogP contribution >= 0.6 is 0 Å². The van der Waals surface area contributed by atoms with Gasteiger partial charge in [-0.25, -0.2) is 0 Å². The quantitative estimate of drug-likeness (QED) is 0.401. The smallest absolute Gasteiger partial charge is 0.280 e. The number of methoxy groups -OCH3 is 4. The van der Waals surface area contributed by atoms with Crippen LogP contribution in [0.15, 0.2) is 48.5 Å². The van der Waals surface area contributed by atoms with E-state index in [0.29, 0.717) is 52.3 Å².